The first-order chi connectivity index (χ1) is 12.9. The molecular weight excluding hydrogens is 346 g/mol. The van der Waals surface area contributed by atoms with Crippen LogP contribution in [0.3, 0.4) is 0 Å². The Bertz CT molecular complexity index is 787. The summed E-state index contributed by atoms with van der Waals surface area (Å²) in [6.07, 6.45) is 4.22. The molecular formula is C21H24BFO4. The Morgan fingerprint density at radius 3 is 2.37 bits per heavy atom. The van der Waals surface area contributed by atoms with Gasteiger partial charge in [-0.3, -0.25) is 0 Å². The molecule has 0 aliphatic heterocycles. The second-order valence-electron chi connectivity index (χ2n) is 6.48. The summed E-state index contributed by atoms with van der Waals surface area (Å²) in [4.78, 5) is 11.8. The minimum absolute atomic E-state index is 0.146. The van der Waals surface area contributed by atoms with Crippen LogP contribution in [0.4, 0.5) is 4.39 Å². The van der Waals surface area contributed by atoms with E-state index >= 15 is 0 Å². The Labute approximate surface area is 159 Å². The van der Waals surface area contributed by atoms with Crippen molar-refractivity contribution in [3.63, 3.8) is 0 Å². The number of rotatable bonds is 9. The second-order valence-corrected chi connectivity index (χ2v) is 6.48. The van der Waals surface area contributed by atoms with Crippen LogP contribution >= 0.6 is 0 Å². The summed E-state index contributed by atoms with van der Waals surface area (Å²) in [5.41, 5.74) is 2.66. The molecule has 0 fully saturated rings. The van der Waals surface area contributed by atoms with Gasteiger partial charge in [-0.1, -0.05) is 56.7 Å². The Morgan fingerprint density at radius 2 is 1.78 bits per heavy atom. The van der Waals surface area contributed by atoms with Gasteiger partial charge < -0.3 is 14.8 Å². The number of carbonyl (C=O) groups excluding carboxylic acids is 1. The van der Waals surface area contributed by atoms with Gasteiger partial charge in [0.1, 0.15) is 0 Å². The predicted molar refractivity (Wildman–Crippen MR) is 105 cm³/mol. The van der Waals surface area contributed by atoms with E-state index in [0.717, 1.165) is 18.4 Å². The molecule has 0 atom stereocenters. The highest BCUT2D eigenvalue weighted by molar-refractivity contribution is 6.43. The van der Waals surface area contributed by atoms with Gasteiger partial charge in [0.05, 0.1) is 0 Å². The van der Waals surface area contributed by atoms with E-state index in [1.54, 1.807) is 6.07 Å². The summed E-state index contributed by atoms with van der Waals surface area (Å²) in [7, 11) is -1.71. The van der Waals surface area contributed by atoms with Gasteiger partial charge in [0, 0.05) is 11.9 Å². The van der Waals surface area contributed by atoms with Crippen molar-refractivity contribution in [3.05, 3.63) is 66.0 Å². The number of unbranched alkanes of at least 4 members (excludes halogenated alkanes) is 2. The van der Waals surface area contributed by atoms with Crippen LogP contribution < -0.4 is 4.74 Å². The molecule has 0 radical (unpaired) electrons. The zero-order valence-electron chi connectivity index (χ0n) is 15.5. The number of esters is 1. The summed E-state index contributed by atoms with van der Waals surface area (Å²) in [5.74, 6) is -1.80. The van der Waals surface area contributed by atoms with E-state index in [-0.39, 0.29) is 17.6 Å². The van der Waals surface area contributed by atoms with E-state index in [2.05, 4.69) is 13.5 Å². The van der Waals surface area contributed by atoms with Crippen LogP contribution in [-0.2, 0) is 11.2 Å². The molecule has 0 saturated heterocycles. The maximum atomic E-state index is 14.3. The van der Waals surface area contributed by atoms with Crippen LogP contribution in [0, 0.1) is 5.82 Å². The molecule has 0 spiro atoms. The van der Waals surface area contributed by atoms with Crippen molar-refractivity contribution in [2.24, 2.45) is 0 Å². The first-order valence-electron chi connectivity index (χ1n) is 9.05. The molecule has 0 unspecified atom stereocenters. The van der Waals surface area contributed by atoms with Gasteiger partial charge >= 0.3 is 13.1 Å². The van der Waals surface area contributed by atoms with Crippen LogP contribution in [0.1, 0.15) is 31.7 Å². The zero-order valence-corrected chi connectivity index (χ0v) is 15.5. The van der Waals surface area contributed by atoms with Crippen LogP contribution in [0.15, 0.2) is 54.6 Å². The quantitative estimate of drug-likeness (QED) is 0.229. The summed E-state index contributed by atoms with van der Waals surface area (Å²) in [5, 5.41) is 17.7. The third kappa shape index (κ3) is 6.34. The summed E-state index contributed by atoms with van der Waals surface area (Å²) in [6.45, 7) is 5.57. The van der Waals surface area contributed by atoms with E-state index in [1.165, 1.54) is 30.5 Å². The molecule has 2 rings (SSSR count). The highest BCUT2D eigenvalue weighted by Gasteiger charge is 2.18. The van der Waals surface area contributed by atoms with Crippen LogP contribution in [0.2, 0.25) is 6.32 Å². The number of halogens is 1. The summed E-state index contributed by atoms with van der Waals surface area (Å²) < 4.78 is 19.2. The lowest BCUT2D eigenvalue weighted by atomic mass is 9.82. The number of benzene rings is 2. The van der Waals surface area contributed by atoms with E-state index < -0.39 is 18.9 Å². The standard InChI is InChI=1S/C21H24BFO4/c1-3-4-5-6-16-7-9-17(10-8-16)18-11-12-20(19(23)13-18)27-21(24)15(2)14-22(25)26/h7-13,25-26H,2-6,14H2,1H3. The summed E-state index contributed by atoms with van der Waals surface area (Å²) >= 11 is 0. The smallest absolute Gasteiger partial charge is 0.427 e. The van der Waals surface area contributed by atoms with Crippen LogP contribution in [-0.4, -0.2) is 23.1 Å². The van der Waals surface area contributed by atoms with Gasteiger partial charge in [0.2, 0.25) is 0 Å². The maximum absolute atomic E-state index is 14.3. The van der Waals surface area contributed by atoms with Gasteiger partial charge in [0.15, 0.2) is 11.6 Å². The molecule has 0 aliphatic rings. The zero-order chi connectivity index (χ0) is 19.8. The molecule has 2 N–H and O–H groups in total. The molecule has 0 amide bonds. The lowest BCUT2D eigenvalue weighted by Crippen LogP contribution is -2.18. The van der Waals surface area contributed by atoms with Crippen molar-refractivity contribution in [1.29, 1.82) is 0 Å². The Hall–Kier alpha value is -2.44. The maximum Gasteiger partial charge on any atom is 0.456 e. The van der Waals surface area contributed by atoms with E-state index in [0.29, 0.717) is 5.56 Å². The normalized spacial score (nSPS) is 10.5. The Kier molecular flexibility index (Phi) is 7.76. The summed E-state index contributed by atoms with van der Waals surface area (Å²) in [6, 6.07) is 12.3. The molecule has 4 nitrogen and oxygen atoms in total. The van der Waals surface area contributed by atoms with E-state index in [9.17, 15) is 9.18 Å². The van der Waals surface area contributed by atoms with Gasteiger partial charge in [-0.05, 0) is 41.7 Å². The molecule has 2 aromatic rings. The van der Waals surface area contributed by atoms with E-state index in [4.69, 9.17) is 14.8 Å². The SMILES string of the molecule is C=C(CB(O)O)C(=O)Oc1ccc(-c2ccc(CCCCC)cc2)cc1F. The molecule has 0 heterocycles. The minimum atomic E-state index is -1.71. The van der Waals surface area contributed by atoms with E-state index in [1.807, 2.05) is 24.3 Å². The number of hydrogen-bond donors (Lipinski definition) is 2. The third-order valence-corrected chi connectivity index (χ3v) is 4.21. The fraction of sp³-hybridized carbons (Fsp3) is 0.286. The topological polar surface area (TPSA) is 66.8 Å². The molecule has 27 heavy (non-hydrogen) atoms. The molecule has 6 heteroatoms. The molecule has 0 aliphatic carbocycles. The molecule has 0 saturated carbocycles. The van der Waals surface area contributed by atoms with Crippen molar-refractivity contribution in [2.75, 3.05) is 0 Å². The Morgan fingerprint density at radius 1 is 1.11 bits per heavy atom. The molecule has 2 aromatic carbocycles. The second kappa shape index (κ2) is 10.0. The third-order valence-electron chi connectivity index (χ3n) is 4.21. The average Bonchev–Trinajstić information content (AvgIpc) is 2.63. The number of aryl methyl sites for hydroxylation is 1. The highest BCUT2D eigenvalue weighted by Crippen LogP contribution is 2.27. The lowest BCUT2D eigenvalue weighted by molar-refractivity contribution is -0.130. The highest BCUT2D eigenvalue weighted by atomic mass is 19.1. The first-order valence-corrected chi connectivity index (χ1v) is 9.05. The van der Waals surface area contributed by atoms with Crippen molar-refractivity contribution in [3.8, 4) is 16.9 Å². The lowest BCUT2D eigenvalue weighted by Gasteiger charge is -2.09. The monoisotopic (exact) mass is 370 g/mol. The van der Waals surface area contributed by atoms with Crippen LogP contribution in [0.5, 0.6) is 5.75 Å². The fourth-order valence-electron chi connectivity index (χ4n) is 2.68. The van der Waals surface area contributed by atoms with Crippen molar-refractivity contribution in [2.45, 2.75) is 38.9 Å². The molecule has 142 valence electrons. The molecule has 0 bridgehead atoms. The minimum Gasteiger partial charge on any atom is -0.427 e. The largest absolute Gasteiger partial charge is 0.456 e. The van der Waals surface area contributed by atoms with Crippen molar-refractivity contribution < 1.29 is 24.0 Å². The van der Waals surface area contributed by atoms with Crippen molar-refractivity contribution >= 4 is 13.1 Å². The number of carbonyl (C=O) groups is 1. The van der Waals surface area contributed by atoms with Gasteiger partial charge in [-0.25, -0.2) is 9.18 Å². The van der Waals surface area contributed by atoms with Crippen LogP contribution in [0.25, 0.3) is 11.1 Å². The van der Waals surface area contributed by atoms with Gasteiger partial charge in [-0.2, -0.15) is 0 Å². The van der Waals surface area contributed by atoms with Gasteiger partial charge in [0.25, 0.3) is 0 Å². The average molecular weight is 370 g/mol. The first kappa shape index (κ1) is 20.9. The van der Waals surface area contributed by atoms with Gasteiger partial charge in [-0.15, -0.1) is 0 Å². The number of ether oxygens (including phenoxy) is 1. The predicted octanol–water partition coefficient (Wildman–Crippen LogP) is 4.16. The Balaban J connectivity index is 2.05. The molecule has 0 aromatic heterocycles. The van der Waals surface area contributed by atoms with Crippen molar-refractivity contribution in [1.82, 2.24) is 0 Å². The number of hydrogen-bond acceptors (Lipinski definition) is 4. The fourth-order valence-corrected chi connectivity index (χ4v) is 2.68.